The molecule has 1 heterocycles. The van der Waals surface area contributed by atoms with E-state index >= 15 is 0 Å². The Hall–Kier alpha value is -0.920. The highest BCUT2D eigenvalue weighted by molar-refractivity contribution is 9.10. The number of carbonyl (C=O) groups is 1. The summed E-state index contributed by atoms with van der Waals surface area (Å²) in [7, 11) is -3.62. The predicted molar refractivity (Wildman–Crippen MR) is 77.9 cm³/mol. The molecule has 7 heteroatoms. The molecule has 0 bridgehead atoms. The lowest BCUT2D eigenvalue weighted by Gasteiger charge is -2.22. The van der Waals surface area contributed by atoms with Gasteiger partial charge in [-0.1, -0.05) is 22.9 Å². The zero-order valence-corrected chi connectivity index (χ0v) is 13.4. The topological polar surface area (TPSA) is 74.7 Å². The van der Waals surface area contributed by atoms with E-state index in [-0.39, 0.29) is 18.0 Å². The van der Waals surface area contributed by atoms with Crippen molar-refractivity contribution in [2.75, 3.05) is 13.1 Å². The molecule has 0 aliphatic carbocycles. The third-order valence-electron chi connectivity index (χ3n) is 3.90. The second kappa shape index (κ2) is 5.46. The van der Waals surface area contributed by atoms with Gasteiger partial charge in [-0.15, -0.1) is 0 Å². The molecule has 5 nitrogen and oxygen atoms in total. The summed E-state index contributed by atoms with van der Waals surface area (Å²) in [6.07, 6.45) is 0.781. The highest BCUT2D eigenvalue weighted by atomic mass is 79.9. The number of carboxylic acids is 1. The number of halogens is 1. The summed E-state index contributed by atoms with van der Waals surface area (Å²) in [6.45, 7) is 2.07. The van der Waals surface area contributed by atoms with Crippen molar-refractivity contribution >= 4 is 31.9 Å². The lowest BCUT2D eigenvalue weighted by atomic mass is 9.85. The quantitative estimate of drug-likeness (QED) is 0.892. The van der Waals surface area contributed by atoms with Gasteiger partial charge in [-0.25, -0.2) is 8.42 Å². The average Bonchev–Trinajstić information content (AvgIpc) is 2.85. The van der Waals surface area contributed by atoms with Gasteiger partial charge < -0.3 is 5.11 Å². The van der Waals surface area contributed by atoms with Crippen molar-refractivity contribution < 1.29 is 18.3 Å². The van der Waals surface area contributed by atoms with Crippen LogP contribution in [0.5, 0.6) is 0 Å². The molecule has 1 unspecified atom stereocenters. The molecule has 0 radical (unpaired) electrons. The van der Waals surface area contributed by atoms with Crippen LogP contribution in [-0.4, -0.2) is 36.9 Å². The van der Waals surface area contributed by atoms with E-state index in [2.05, 4.69) is 15.9 Å². The van der Waals surface area contributed by atoms with Crippen LogP contribution in [0.3, 0.4) is 0 Å². The van der Waals surface area contributed by atoms with Crippen LogP contribution in [0.4, 0.5) is 0 Å². The van der Waals surface area contributed by atoms with Gasteiger partial charge in [0.05, 0.1) is 10.3 Å². The van der Waals surface area contributed by atoms with Crippen molar-refractivity contribution in [2.45, 2.75) is 24.7 Å². The van der Waals surface area contributed by atoms with Gasteiger partial charge in [-0.3, -0.25) is 4.79 Å². The van der Waals surface area contributed by atoms with E-state index < -0.39 is 21.4 Å². The number of benzene rings is 1. The van der Waals surface area contributed by atoms with Crippen molar-refractivity contribution in [1.82, 2.24) is 4.31 Å². The molecular formula is C13H16BrNO4S. The van der Waals surface area contributed by atoms with Gasteiger partial charge in [-0.05, 0) is 37.1 Å². The molecule has 1 N–H and O–H groups in total. The van der Waals surface area contributed by atoms with Crippen LogP contribution in [0.1, 0.15) is 19.8 Å². The van der Waals surface area contributed by atoms with Crippen LogP contribution >= 0.6 is 15.9 Å². The van der Waals surface area contributed by atoms with Crippen LogP contribution in [0.15, 0.2) is 33.6 Å². The summed E-state index contributed by atoms with van der Waals surface area (Å²) in [5.74, 6) is -0.923. The molecule has 1 atom stereocenters. The van der Waals surface area contributed by atoms with E-state index in [0.29, 0.717) is 12.8 Å². The molecule has 1 aliphatic rings. The maximum atomic E-state index is 12.5. The molecule has 0 spiro atoms. The van der Waals surface area contributed by atoms with E-state index in [9.17, 15) is 18.3 Å². The van der Waals surface area contributed by atoms with Crippen LogP contribution in [0, 0.1) is 5.41 Å². The number of sulfonamides is 1. The Balaban J connectivity index is 2.29. The van der Waals surface area contributed by atoms with Gasteiger partial charge in [-0.2, -0.15) is 4.31 Å². The maximum absolute atomic E-state index is 12.5. The number of nitrogens with zero attached hydrogens (tertiary/aromatic N) is 1. The maximum Gasteiger partial charge on any atom is 0.311 e. The number of carboxylic acid groups (broad SMARTS) is 1. The summed E-state index contributed by atoms with van der Waals surface area (Å²) < 4.78 is 27.0. The summed E-state index contributed by atoms with van der Waals surface area (Å²) in [4.78, 5) is 11.6. The summed E-state index contributed by atoms with van der Waals surface area (Å²) >= 11 is 3.26. The van der Waals surface area contributed by atoms with Crippen molar-refractivity contribution in [3.8, 4) is 0 Å². The Kier molecular flexibility index (Phi) is 4.22. The average molecular weight is 362 g/mol. The number of hydrogen-bond donors (Lipinski definition) is 1. The summed E-state index contributed by atoms with van der Waals surface area (Å²) in [5, 5.41) is 9.33. The first-order valence-corrected chi connectivity index (χ1v) is 8.54. The molecule has 1 saturated heterocycles. The number of rotatable bonds is 4. The van der Waals surface area contributed by atoms with E-state index in [1.54, 1.807) is 19.1 Å². The fourth-order valence-corrected chi connectivity index (χ4v) is 4.20. The zero-order valence-electron chi connectivity index (χ0n) is 11.0. The highest BCUT2D eigenvalue weighted by Gasteiger charge is 2.47. The van der Waals surface area contributed by atoms with E-state index in [1.165, 1.54) is 16.4 Å². The molecule has 2 rings (SSSR count). The monoisotopic (exact) mass is 361 g/mol. The Bertz CT molecular complexity index is 614. The lowest BCUT2D eigenvalue weighted by molar-refractivity contribution is -0.148. The fraction of sp³-hybridized carbons (Fsp3) is 0.462. The largest absolute Gasteiger partial charge is 0.481 e. The fourth-order valence-electron chi connectivity index (χ4n) is 2.41. The normalized spacial score (nSPS) is 23.9. The molecule has 1 aromatic rings. The predicted octanol–water partition coefficient (Wildman–Crippen LogP) is 2.32. The smallest absolute Gasteiger partial charge is 0.311 e. The second-order valence-electron chi connectivity index (χ2n) is 4.98. The molecule has 20 heavy (non-hydrogen) atoms. The molecule has 0 aromatic heterocycles. The SMILES string of the molecule is CCC1(C(=O)O)CCN(S(=O)(=O)c2ccc(Br)cc2)C1. The first kappa shape index (κ1) is 15.5. The molecule has 1 fully saturated rings. The Morgan fingerprint density at radius 3 is 2.45 bits per heavy atom. The van der Waals surface area contributed by atoms with Gasteiger partial charge in [0.1, 0.15) is 0 Å². The number of aliphatic carboxylic acids is 1. The molecule has 1 aliphatic heterocycles. The van der Waals surface area contributed by atoms with E-state index in [4.69, 9.17) is 0 Å². The first-order valence-electron chi connectivity index (χ1n) is 6.31. The van der Waals surface area contributed by atoms with Crippen LogP contribution in [0.25, 0.3) is 0 Å². The Morgan fingerprint density at radius 2 is 2.00 bits per heavy atom. The second-order valence-corrected chi connectivity index (χ2v) is 7.84. The summed E-state index contributed by atoms with van der Waals surface area (Å²) in [6, 6.07) is 6.36. The van der Waals surface area contributed by atoms with E-state index in [0.717, 1.165) is 4.47 Å². The summed E-state index contributed by atoms with van der Waals surface area (Å²) in [5.41, 5.74) is -0.956. The Labute approximate surface area is 126 Å². The minimum atomic E-state index is -3.62. The van der Waals surface area contributed by atoms with Gasteiger partial charge in [0.25, 0.3) is 0 Å². The van der Waals surface area contributed by atoms with Crippen LogP contribution in [-0.2, 0) is 14.8 Å². The lowest BCUT2D eigenvalue weighted by Crippen LogP contribution is -2.36. The van der Waals surface area contributed by atoms with Crippen molar-refractivity contribution in [1.29, 1.82) is 0 Å². The van der Waals surface area contributed by atoms with Crippen molar-refractivity contribution in [3.63, 3.8) is 0 Å². The first-order chi connectivity index (χ1) is 9.32. The molecule has 0 saturated carbocycles. The molecule has 110 valence electrons. The highest BCUT2D eigenvalue weighted by Crippen LogP contribution is 2.37. The van der Waals surface area contributed by atoms with Gasteiger partial charge in [0.15, 0.2) is 0 Å². The molecule has 0 amide bonds. The Morgan fingerprint density at radius 1 is 1.40 bits per heavy atom. The van der Waals surface area contributed by atoms with Crippen molar-refractivity contribution in [3.05, 3.63) is 28.7 Å². The van der Waals surface area contributed by atoms with Crippen LogP contribution < -0.4 is 0 Å². The third kappa shape index (κ3) is 2.62. The third-order valence-corrected chi connectivity index (χ3v) is 6.29. The minimum absolute atomic E-state index is 0.0389. The van der Waals surface area contributed by atoms with Gasteiger partial charge in [0, 0.05) is 17.6 Å². The number of hydrogen-bond acceptors (Lipinski definition) is 3. The molecule has 1 aromatic carbocycles. The van der Waals surface area contributed by atoms with E-state index in [1.807, 2.05) is 0 Å². The van der Waals surface area contributed by atoms with Crippen LogP contribution in [0.2, 0.25) is 0 Å². The standard InChI is InChI=1S/C13H16BrNO4S/c1-2-13(12(16)17)7-8-15(9-13)20(18,19)11-5-3-10(14)4-6-11/h3-6H,2,7-9H2,1H3,(H,16,17). The molecular weight excluding hydrogens is 346 g/mol. The van der Waals surface area contributed by atoms with Crippen molar-refractivity contribution in [2.24, 2.45) is 5.41 Å². The van der Waals surface area contributed by atoms with Gasteiger partial charge >= 0.3 is 5.97 Å². The van der Waals surface area contributed by atoms with Gasteiger partial charge in [0.2, 0.25) is 10.0 Å². The zero-order chi connectivity index (χ0) is 15.0. The minimum Gasteiger partial charge on any atom is -0.481 e.